The van der Waals surface area contributed by atoms with Gasteiger partial charge >= 0.3 is 0 Å². The molecule has 1 amide bonds. The van der Waals surface area contributed by atoms with Crippen LogP contribution in [0.25, 0.3) is 0 Å². The zero-order valence-corrected chi connectivity index (χ0v) is 13.1. The second-order valence-electron chi connectivity index (χ2n) is 5.11. The van der Waals surface area contributed by atoms with Gasteiger partial charge in [-0.25, -0.2) is 9.37 Å². The van der Waals surface area contributed by atoms with Gasteiger partial charge < -0.3 is 5.32 Å². The lowest BCUT2D eigenvalue weighted by Crippen LogP contribution is -2.14. The number of hydrogen-bond acceptors (Lipinski definition) is 3. The lowest BCUT2D eigenvalue weighted by Gasteiger charge is -2.03. The molecule has 3 nitrogen and oxygen atoms in total. The van der Waals surface area contributed by atoms with Crippen LogP contribution in [-0.4, -0.2) is 10.9 Å². The van der Waals surface area contributed by atoms with Gasteiger partial charge in [-0.05, 0) is 17.2 Å². The van der Waals surface area contributed by atoms with Crippen molar-refractivity contribution in [3.63, 3.8) is 0 Å². The Morgan fingerprint density at radius 2 is 1.83 bits per heavy atom. The minimum absolute atomic E-state index is 0.000270. The Bertz CT molecular complexity index is 802. The molecule has 2 aromatic carbocycles. The van der Waals surface area contributed by atoms with Gasteiger partial charge in [-0.3, -0.25) is 4.79 Å². The summed E-state index contributed by atoms with van der Waals surface area (Å²) >= 11 is 1.43. The van der Waals surface area contributed by atoms with Crippen LogP contribution >= 0.6 is 11.3 Å². The molecule has 1 heterocycles. The molecular formula is C18H15FN2OS. The van der Waals surface area contributed by atoms with Crippen molar-refractivity contribution in [1.82, 2.24) is 4.98 Å². The molecule has 3 rings (SSSR count). The fraction of sp³-hybridized carbons (Fsp3) is 0.111. The van der Waals surface area contributed by atoms with Crippen LogP contribution in [0, 0.1) is 5.82 Å². The van der Waals surface area contributed by atoms with E-state index < -0.39 is 0 Å². The molecule has 0 unspecified atom stereocenters. The van der Waals surface area contributed by atoms with Crippen molar-refractivity contribution in [3.8, 4) is 0 Å². The quantitative estimate of drug-likeness (QED) is 0.768. The van der Waals surface area contributed by atoms with Crippen molar-refractivity contribution in [3.05, 3.63) is 82.6 Å². The molecule has 0 radical (unpaired) electrons. The molecule has 0 saturated heterocycles. The largest absolute Gasteiger partial charge is 0.302 e. The fourth-order valence-corrected chi connectivity index (χ4v) is 3.09. The summed E-state index contributed by atoms with van der Waals surface area (Å²) in [7, 11) is 0. The number of thiazole rings is 1. The van der Waals surface area contributed by atoms with E-state index in [2.05, 4.69) is 22.4 Å². The average Bonchev–Trinajstić information content (AvgIpc) is 2.97. The van der Waals surface area contributed by atoms with Gasteiger partial charge in [0.1, 0.15) is 5.82 Å². The van der Waals surface area contributed by atoms with Crippen LogP contribution in [-0.2, 0) is 17.6 Å². The topological polar surface area (TPSA) is 42.0 Å². The number of aromatic nitrogens is 1. The first kappa shape index (κ1) is 15.4. The third kappa shape index (κ3) is 4.23. The Morgan fingerprint density at radius 1 is 1.09 bits per heavy atom. The van der Waals surface area contributed by atoms with E-state index in [1.165, 1.54) is 23.0 Å². The third-order valence-corrected chi connectivity index (χ3v) is 4.24. The predicted octanol–water partition coefficient (Wildman–Crippen LogP) is 4.05. The molecule has 0 aliphatic carbocycles. The van der Waals surface area contributed by atoms with E-state index in [0.717, 1.165) is 11.3 Å². The third-order valence-electron chi connectivity index (χ3n) is 3.33. The highest BCUT2D eigenvalue weighted by molar-refractivity contribution is 7.15. The zero-order chi connectivity index (χ0) is 16.1. The van der Waals surface area contributed by atoms with Crippen molar-refractivity contribution in [2.45, 2.75) is 12.8 Å². The molecule has 0 bridgehead atoms. The van der Waals surface area contributed by atoms with Gasteiger partial charge in [-0.2, -0.15) is 0 Å². The summed E-state index contributed by atoms with van der Waals surface area (Å²) in [5, 5.41) is 3.26. The lowest BCUT2D eigenvalue weighted by atomic mass is 10.1. The van der Waals surface area contributed by atoms with Crippen LogP contribution in [0.4, 0.5) is 9.52 Å². The van der Waals surface area contributed by atoms with E-state index in [9.17, 15) is 9.18 Å². The van der Waals surface area contributed by atoms with Gasteiger partial charge in [0.15, 0.2) is 5.13 Å². The van der Waals surface area contributed by atoms with E-state index in [4.69, 9.17) is 0 Å². The number of hydrogen-bond donors (Lipinski definition) is 1. The first-order valence-corrected chi connectivity index (χ1v) is 8.04. The summed E-state index contributed by atoms with van der Waals surface area (Å²) in [5.74, 6) is -0.637. The summed E-state index contributed by atoms with van der Waals surface area (Å²) in [6.07, 6.45) is 2.54. The minimum atomic E-state index is -0.369. The minimum Gasteiger partial charge on any atom is -0.302 e. The number of anilines is 1. The van der Waals surface area contributed by atoms with E-state index in [1.54, 1.807) is 24.4 Å². The molecule has 0 fully saturated rings. The van der Waals surface area contributed by atoms with Gasteiger partial charge in [0.25, 0.3) is 0 Å². The number of rotatable bonds is 5. The van der Waals surface area contributed by atoms with Crippen molar-refractivity contribution in [2.24, 2.45) is 0 Å². The Morgan fingerprint density at radius 3 is 2.61 bits per heavy atom. The van der Waals surface area contributed by atoms with Crippen molar-refractivity contribution in [1.29, 1.82) is 0 Å². The molecule has 0 atom stereocenters. The lowest BCUT2D eigenvalue weighted by molar-refractivity contribution is -0.115. The number of carbonyl (C=O) groups excluding carboxylic acids is 1. The second kappa shape index (κ2) is 7.15. The number of nitrogens with zero attached hydrogens (tertiary/aromatic N) is 1. The van der Waals surface area contributed by atoms with Crippen molar-refractivity contribution in [2.75, 3.05) is 5.32 Å². The molecule has 0 aliphatic rings. The number of halogens is 1. The van der Waals surface area contributed by atoms with E-state index in [0.29, 0.717) is 10.7 Å². The Labute approximate surface area is 137 Å². The highest BCUT2D eigenvalue weighted by Crippen LogP contribution is 2.21. The first-order chi connectivity index (χ1) is 11.2. The molecule has 5 heteroatoms. The maximum absolute atomic E-state index is 13.5. The summed E-state index contributed by atoms with van der Waals surface area (Å²) in [6, 6.07) is 16.3. The van der Waals surface area contributed by atoms with Gasteiger partial charge in [0.2, 0.25) is 5.91 Å². The number of amides is 1. The fourth-order valence-electron chi connectivity index (χ4n) is 2.22. The van der Waals surface area contributed by atoms with Gasteiger partial charge in [-0.1, -0.05) is 48.5 Å². The highest BCUT2D eigenvalue weighted by Gasteiger charge is 2.10. The van der Waals surface area contributed by atoms with Crippen LogP contribution in [0.5, 0.6) is 0 Å². The molecule has 1 N–H and O–H groups in total. The summed E-state index contributed by atoms with van der Waals surface area (Å²) in [5.41, 5.74) is 1.58. The highest BCUT2D eigenvalue weighted by atomic mass is 32.1. The molecule has 1 aromatic heterocycles. The molecule has 0 spiro atoms. The number of carbonyl (C=O) groups is 1. The SMILES string of the molecule is O=C(Cc1ccccc1F)Nc1ncc(Cc2ccccc2)s1. The molecule has 0 aliphatic heterocycles. The monoisotopic (exact) mass is 326 g/mol. The van der Waals surface area contributed by atoms with Crippen LogP contribution in [0.2, 0.25) is 0 Å². The van der Waals surface area contributed by atoms with E-state index in [-0.39, 0.29) is 18.1 Å². The first-order valence-electron chi connectivity index (χ1n) is 7.22. The maximum atomic E-state index is 13.5. The van der Waals surface area contributed by atoms with Gasteiger partial charge in [0.05, 0.1) is 6.42 Å². The predicted molar refractivity (Wildman–Crippen MR) is 90.1 cm³/mol. The van der Waals surface area contributed by atoms with Gasteiger partial charge in [-0.15, -0.1) is 11.3 Å². The molecule has 0 saturated carbocycles. The van der Waals surface area contributed by atoms with E-state index >= 15 is 0 Å². The Hall–Kier alpha value is -2.53. The molecular weight excluding hydrogens is 311 g/mol. The zero-order valence-electron chi connectivity index (χ0n) is 12.3. The van der Waals surface area contributed by atoms with E-state index in [1.807, 2.05) is 18.2 Å². The maximum Gasteiger partial charge on any atom is 0.230 e. The van der Waals surface area contributed by atoms with Crippen molar-refractivity contribution >= 4 is 22.4 Å². The molecule has 3 aromatic rings. The van der Waals surface area contributed by atoms with Crippen LogP contribution in [0.15, 0.2) is 60.8 Å². The number of benzene rings is 2. The molecule has 116 valence electrons. The van der Waals surface area contributed by atoms with Crippen LogP contribution < -0.4 is 5.32 Å². The Balaban J connectivity index is 1.60. The second-order valence-corrected chi connectivity index (χ2v) is 6.23. The summed E-state index contributed by atoms with van der Waals surface area (Å²) in [6.45, 7) is 0. The summed E-state index contributed by atoms with van der Waals surface area (Å²) in [4.78, 5) is 17.3. The van der Waals surface area contributed by atoms with Crippen LogP contribution in [0.3, 0.4) is 0 Å². The van der Waals surface area contributed by atoms with Gasteiger partial charge in [0, 0.05) is 17.5 Å². The summed E-state index contributed by atoms with van der Waals surface area (Å²) < 4.78 is 13.5. The standard InChI is InChI=1S/C18H15FN2OS/c19-16-9-5-4-8-14(16)11-17(22)21-18-20-12-15(23-18)10-13-6-2-1-3-7-13/h1-9,12H,10-11H2,(H,20,21,22). The van der Waals surface area contributed by atoms with Crippen molar-refractivity contribution < 1.29 is 9.18 Å². The average molecular weight is 326 g/mol. The molecule has 23 heavy (non-hydrogen) atoms. The van der Waals surface area contributed by atoms with Crippen LogP contribution in [0.1, 0.15) is 16.0 Å². The smallest absolute Gasteiger partial charge is 0.230 e. The Kier molecular flexibility index (Phi) is 4.78. The normalized spacial score (nSPS) is 10.5. The number of nitrogens with one attached hydrogen (secondary N) is 1.